The first-order chi connectivity index (χ1) is 10.0. The van der Waals surface area contributed by atoms with Gasteiger partial charge in [-0.1, -0.05) is 25.3 Å². The Morgan fingerprint density at radius 3 is 2.33 bits per heavy atom. The summed E-state index contributed by atoms with van der Waals surface area (Å²) in [6.45, 7) is 0.796. The van der Waals surface area contributed by atoms with Crippen molar-refractivity contribution in [1.29, 1.82) is 0 Å². The largest absolute Gasteiger partial charge is 0.416 e. The zero-order valence-electron chi connectivity index (χ0n) is 12.0. The summed E-state index contributed by atoms with van der Waals surface area (Å²) in [5, 5.41) is 6.33. The van der Waals surface area contributed by atoms with Crippen molar-refractivity contribution in [3.8, 4) is 0 Å². The molecular weight excluding hydrogens is 277 g/mol. The van der Waals surface area contributed by atoms with E-state index in [1.807, 2.05) is 0 Å². The van der Waals surface area contributed by atoms with Gasteiger partial charge in [0.05, 0.1) is 5.56 Å². The van der Waals surface area contributed by atoms with Crippen molar-refractivity contribution in [3.63, 3.8) is 0 Å². The van der Waals surface area contributed by atoms with E-state index in [-0.39, 0.29) is 6.04 Å². The maximum atomic E-state index is 13.3. The quantitative estimate of drug-likeness (QED) is 0.859. The molecule has 0 spiro atoms. The molecule has 1 saturated carbocycles. The molecule has 1 aliphatic heterocycles. The van der Waals surface area contributed by atoms with E-state index in [0.29, 0.717) is 17.3 Å². The monoisotopic (exact) mass is 298 g/mol. The van der Waals surface area contributed by atoms with E-state index in [0.717, 1.165) is 38.6 Å². The first-order valence-electron chi connectivity index (χ1n) is 7.75. The van der Waals surface area contributed by atoms with Crippen molar-refractivity contribution < 1.29 is 13.2 Å². The van der Waals surface area contributed by atoms with Gasteiger partial charge in [-0.2, -0.15) is 13.2 Å². The zero-order valence-corrected chi connectivity index (χ0v) is 12.0. The SMILES string of the molecule is FC(F)(F)c1cc(NC2CCCCC2)ccc1C1CCN1. The molecule has 1 aromatic carbocycles. The van der Waals surface area contributed by atoms with Crippen molar-refractivity contribution >= 4 is 5.69 Å². The summed E-state index contributed by atoms with van der Waals surface area (Å²) >= 11 is 0. The Morgan fingerprint density at radius 2 is 1.76 bits per heavy atom. The third-order valence-electron chi connectivity index (χ3n) is 4.53. The minimum Gasteiger partial charge on any atom is -0.382 e. The molecular formula is C16H21F3N2. The lowest BCUT2D eigenvalue weighted by Crippen LogP contribution is -2.36. The molecule has 0 bridgehead atoms. The van der Waals surface area contributed by atoms with Gasteiger partial charge in [-0.3, -0.25) is 0 Å². The van der Waals surface area contributed by atoms with Gasteiger partial charge in [0.1, 0.15) is 0 Å². The van der Waals surface area contributed by atoms with E-state index in [1.165, 1.54) is 12.5 Å². The summed E-state index contributed by atoms with van der Waals surface area (Å²) in [7, 11) is 0. The molecule has 2 N–H and O–H groups in total. The van der Waals surface area contributed by atoms with Crippen LogP contribution in [-0.2, 0) is 6.18 Å². The third-order valence-corrected chi connectivity index (χ3v) is 4.53. The van der Waals surface area contributed by atoms with Crippen LogP contribution in [0.2, 0.25) is 0 Å². The number of hydrogen-bond donors (Lipinski definition) is 2. The smallest absolute Gasteiger partial charge is 0.382 e. The number of rotatable bonds is 3. The molecule has 1 saturated heterocycles. The lowest BCUT2D eigenvalue weighted by Gasteiger charge is -2.31. The van der Waals surface area contributed by atoms with Crippen molar-refractivity contribution in [2.75, 3.05) is 11.9 Å². The maximum absolute atomic E-state index is 13.3. The minimum absolute atomic E-state index is 0.148. The fourth-order valence-electron chi connectivity index (χ4n) is 3.23. The van der Waals surface area contributed by atoms with Crippen molar-refractivity contribution in [1.82, 2.24) is 5.32 Å². The summed E-state index contributed by atoms with van der Waals surface area (Å²) in [6.07, 6.45) is 2.13. The Balaban J connectivity index is 1.81. The van der Waals surface area contributed by atoms with E-state index in [1.54, 1.807) is 12.1 Å². The summed E-state index contributed by atoms with van der Waals surface area (Å²) in [5.41, 5.74) is 0.473. The van der Waals surface area contributed by atoms with Gasteiger partial charge < -0.3 is 10.6 Å². The standard InChI is InChI=1S/C16H21F3N2/c17-16(18,19)14-10-12(21-11-4-2-1-3-5-11)6-7-13(14)15-8-9-20-15/h6-7,10-11,15,20-21H,1-5,8-9H2. The predicted octanol–water partition coefficient (Wildman–Crippen LogP) is 4.48. The highest BCUT2D eigenvalue weighted by Gasteiger charge is 2.36. The highest BCUT2D eigenvalue weighted by atomic mass is 19.4. The Bertz CT molecular complexity index is 489. The third kappa shape index (κ3) is 3.34. The van der Waals surface area contributed by atoms with Gasteiger partial charge in [0.2, 0.25) is 0 Å². The Hall–Kier alpha value is -1.23. The van der Waals surface area contributed by atoms with E-state index in [2.05, 4.69) is 10.6 Å². The number of alkyl halides is 3. The first-order valence-corrected chi connectivity index (χ1v) is 7.75. The van der Waals surface area contributed by atoms with Crippen LogP contribution in [0.3, 0.4) is 0 Å². The van der Waals surface area contributed by atoms with Crippen LogP contribution in [0.15, 0.2) is 18.2 Å². The van der Waals surface area contributed by atoms with Crippen LogP contribution < -0.4 is 10.6 Å². The molecule has 0 aromatic heterocycles. The summed E-state index contributed by atoms with van der Waals surface area (Å²) in [5.74, 6) is 0. The normalized spacial score (nSPS) is 23.7. The van der Waals surface area contributed by atoms with Crippen LogP contribution in [0, 0.1) is 0 Å². The van der Waals surface area contributed by atoms with Gasteiger partial charge in [-0.25, -0.2) is 0 Å². The minimum atomic E-state index is -4.29. The second-order valence-electron chi connectivity index (χ2n) is 6.07. The molecule has 1 aromatic rings. The van der Waals surface area contributed by atoms with Crippen LogP contribution in [0.5, 0.6) is 0 Å². The molecule has 2 nitrogen and oxygen atoms in total. The Morgan fingerprint density at radius 1 is 1.05 bits per heavy atom. The topological polar surface area (TPSA) is 24.1 Å². The van der Waals surface area contributed by atoms with E-state index < -0.39 is 11.7 Å². The molecule has 5 heteroatoms. The number of benzene rings is 1. The molecule has 0 amide bonds. The van der Waals surface area contributed by atoms with Crippen LogP contribution in [-0.4, -0.2) is 12.6 Å². The van der Waals surface area contributed by atoms with E-state index in [9.17, 15) is 13.2 Å². The van der Waals surface area contributed by atoms with Crippen LogP contribution in [0.25, 0.3) is 0 Å². The highest BCUT2D eigenvalue weighted by Crippen LogP contribution is 2.39. The van der Waals surface area contributed by atoms with Crippen molar-refractivity contribution in [2.45, 2.75) is 56.8 Å². The summed E-state index contributed by atoms with van der Waals surface area (Å²) in [4.78, 5) is 0. The Labute approximate surface area is 123 Å². The number of nitrogens with one attached hydrogen (secondary N) is 2. The fraction of sp³-hybridized carbons (Fsp3) is 0.625. The average molecular weight is 298 g/mol. The lowest BCUT2D eigenvalue weighted by atomic mass is 9.92. The van der Waals surface area contributed by atoms with E-state index in [4.69, 9.17) is 0 Å². The van der Waals surface area contributed by atoms with E-state index >= 15 is 0 Å². The lowest BCUT2D eigenvalue weighted by molar-refractivity contribution is -0.138. The predicted molar refractivity (Wildman–Crippen MR) is 77.3 cm³/mol. The molecule has 1 aliphatic carbocycles. The Kier molecular flexibility index (Phi) is 4.11. The number of hydrogen-bond acceptors (Lipinski definition) is 2. The fourth-order valence-corrected chi connectivity index (χ4v) is 3.23. The molecule has 3 rings (SSSR count). The number of halogens is 3. The molecule has 1 atom stereocenters. The molecule has 116 valence electrons. The van der Waals surface area contributed by atoms with Gasteiger partial charge in [0.15, 0.2) is 0 Å². The zero-order chi connectivity index (χ0) is 14.9. The molecule has 0 radical (unpaired) electrons. The molecule has 2 aliphatic rings. The highest BCUT2D eigenvalue weighted by molar-refractivity contribution is 5.51. The average Bonchev–Trinajstić information content (AvgIpc) is 2.38. The van der Waals surface area contributed by atoms with Crippen molar-refractivity contribution in [2.24, 2.45) is 0 Å². The van der Waals surface area contributed by atoms with Crippen LogP contribution >= 0.6 is 0 Å². The molecule has 21 heavy (non-hydrogen) atoms. The second-order valence-corrected chi connectivity index (χ2v) is 6.07. The number of anilines is 1. The molecule has 1 unspecified atom stereocenters. The van der Waals surface area contributed by atoms with Gasteiger partial charge in [-0.15, -0.1) is 0 Å². The summed E-state index contributed by atoms with van der Waals surface area (Å²) < 4.78 is 39.8. The first kappa shape index (κ1) is 14.7. The van der Waals surface area contributed by atoms with Gasteiger partial charge in [-0.05, 0) is 43.5 Å². The molecule has 1 heterocycles. The summed E-state index contributed by atoms with van der Waals surface area (Å²) in [6, 6.07) is 4.87. The van der Waals surface area contributed by atoms with Gasteiger partial charge >= 0.3 is 6.18 Å². The van der Waals surface area contributed by atoms with Crippen LogP contribution in [0.4, 0.5) is 18.9 Å². The van der Waals surface area contributed by atoms with Gasteiger partial charge in [0.25, 0.3) is 0 Å². The van der Waals surface area contributed by atoms with Crippen LogP contribution in [0.1, 0.15) is 55.7 Å². The van der Waals surface area contributed by atoms with Crippen molar-refractivity contribution in [3.05, 3.63) is 29.3 Å². The molecule has 2 fully saturated rings. The second kappa shape index (κ2) is 5.87. The van der Waals surface area contributed by atoms with Gasteiger partial charge in [0, 0.05) is 17.8 Å². The maximum Gasteiger partial charge on any atom is 0.416 e.